The van der Waals surface area contributed by atoms with E-state index in [0.717, 1.165) is 0 Å². The van der Waals surface area contributed by atoms with Gasteiger partial charge in [0, 0.05) is 6.07 Å². The lowest BCUT2D eigenvalue weighted by molar-refractivity contribution is 0.170. The average Bonchev–Trinajstić information content (AvgIpc) is 2.86. The lowest BCUT2D eigenvalue weighted by atomic mass is 10.1. The highest BCUT2D eigenvalue weighted by atomic mass is 16.7. The van der Waals surface area contributed by atoms with Gasteiger partial charge in [0.25, 0.3) is 0 Å². The number of rotatable bonds is 2. The van der Waals surface area contributed by atoms with Crippen LogP contribution in [0.3, 0.4) is 0 Å². The van der Waals surface area contributed by atoms with Gasteiger partial charge >= 0.3 is 5.63 Å². The summed E-state index contributed by atoms with van der Waals surface area (Å²) in [7, 11) is 3.01. The van der Waals surface area contributed by atoms with Gasteiger partial charge < -0.3 is 23.4 Å². The van der Waals surface area contributed by atoms with E-state index in [0.29, 0.717) is 34.0 Å². The van der Waals surface area contributed by atoms with Crippen molar-refractivity contribution in [3.8, 4) is 23.0 Å². The second-order valence-electron chi connectivity index (χ2n) is 3.63. The van der Waals surface area contributed by atoms with Crippen molar-refractivity contribution in [1.29, 1.82) is 0 Å². The second-order valence-corrected chi connectivity index (χ2v) is 3.63. The first-order chi connectivity index (χ1) is 8.76. The summed E-state index contributed by atoms with van der Waals surface area (Å²) in [5.74, 6) is 1.61. The molecule has 0 atom stereocenters. The Morgan fingerprint density at radius 3 is 2.50 bits per heavy atom. The van der Waals surface area contributed by atoms with Crippen molar-refractivity contribution in [2.75, 3.05) is 21.0 Å². The van der Waals surface area contributed by atoms with Crippen molar-refractivity contribution < 1.29 is 23.4 Å². The minimum atomic E-state index is -0.465. The molecular formula is C12H10O6. The highest BCUT2D eigenvalue weighted by molar-refractivity contribution is 5.95. The molecule has 2 aromatic rings. The van der Waals surface area contributed by atoms with Gasteiger partial charge in [-0.25, -0.2) is 4.79 Å². The second kappa shape index (κ2) is 3.83. The van der Waals surface area contributed by atoms with E-state index in [4.69, 9.17) is 23.4 Å². The highest BCUT2D eigenvalue weighted by Gasteiger charge is 2.29. The van der Waals surface area contributed by atoms with Crippen LogP contribution in [0.25, 0.3) is 11.0 Å². The van der Waals surface area contributed by atoms with Crippen LogP contribution in [0.5, 0.6) is 23.0 Å². The van der Waals surface area contributed by atoms with E-state index in [1.807, 2.05) is 0 Å². The fourth-order valence-electron chi connectivity index (χ4n) is 1.99. The van der Waals surface area contributed by atoms with Crippen LogP contribution in [-0.4, -0.2) is 21.0 Å². The summed E-state index contributed by atoms with van der Waals surface area (Å²) in [5.41, 5.74) is -0.167. The summed E-state index contributed by atoms with van der Waals surface area (Å²) < 4.78 is 26.4. The smallest absolute Gasteiger partial charge is 0.336 e. The van der Waals surface area contributed by atoms with Crippen LogP contribution in [0.4, 0.5) is 0 Å². The maximum absolute atomic E-state index is 11.3. The minimum absolute atomic E-state index is 0.0482. The molecule has 0 fully saturated rings. The maximum Gasteiger partial charge on any atom is 0.336 e. The van der Waals surface area contributed by atoms with E-state index in [2.05, 4.69) is 0 Å². The zero-order valence-corrected chi connectivity index (χ0v) is 9.81. The van der Waals surface area contributed by atoms with Crippen molar-refractivity contribution >= 4 is 11.0 Å². The fraction of sp³-hybridized carbons (Fsp3) is 0.250. The molecule has 18 heavy (non-hydrogen) atoms. The number of fused-ring (bicyclic) bond motifs is 3. The molecule has 3 rings (SSSR count). The molecule has 1 aromatic carbocycles. The first-order valence-corrected chi connectivity index (χ1v) is 5.23. The molecule has 2 heterocycles. The van der Waals surface area contributed by atoms with Gasteiger partial charge in [0.15, 0.2) is 11.3 Å². The Balaban J connectivity index is 2.49. The van der Waals surface area contributed by atoms with Crippen LogP contribution >= 0.6 is 0 Å². The summed E-state index contributed by atoms with van der Waals surface area (Å²) in [6.45, 7) is 0.0482. The Labute approximate surface area is 102 Å². The third-order valence-corrected chi connectivity index (χ3v) is 2.72. The summed E-state index contributed by atoms with van der Waals surface area (Å²) in [6, 6.07) is 2.91. The SMILES string of the molecule is COc1c2c(c3oc(=O)ccc3c1OC)OCO2. The number of methoxy groups -OCH3 is 2. The third-order valence-electron chi connectivity index (χ3n) is 2.72. The average molecular weight is 250 g/mol. The molecule has 1 aromatic heterocycles. The predicted molar refractivity (Wildman–Crippen MR) is 61.7 cm³/mol. The third kappa shape index (κ3) is 1.32. The van der Waals surface area contributed by atoms with E-state index in [9.17, 15) is 4.79 Å². The number of ether oxygens (including phenoxy) is 4. The number of hydrogen-bond donors (Lipinski definition) is 0. The Kier molecular flexibility index (Phi) is 2.29. The van der Waals surface area contributed by atoms with Crippen LogP contribution in [0.1, 0.15) is 0 Å². The van der Waals surface area contributed by atoms with Gasteiger partial charge in [0.05, 0.1) is 19.6 Å². The minimum Gasteiger partial charge on any atom is -0.492 e. The zero-order chi connectivity index (χ0) is 12.7. The molecule has 0 N–H and O–H groups in total. The van der Waals surface area contributed by atoms with E-state index in [1.165, 1.54) is 20.3 Å². The highest BCUT2D eigenvalue weighted by Crippen LogP contribution is 2.52. The largest absolute Gasteiger partial charge is 0.492 e. The monoisotopic (exact) mass is 250 g/mol. The molecule has 0 spiro atoms. The normalized spacial score (nSPS) is 12.8. The van der Waals surface area contributed by atoms with Crippen LogP contribution in [0.15, 0.2) is 21.3 Å². The summed E-state index contributed by atoms with van der Waals surface area (Å²) >= 11 is 0. The number of hydrogen-bond acceptors (Lipinski definition) is 6. The van der Waals surface area contributed by atoms with Crippen LogP contribution in [-0.2, 0) is 0 Å². The van der Waals surface area contributed by atoms with E-state index in [1.54, 1.807) is 6.07 Å². The van der Waals surface area contributed by atoms with Crippen molar-refractivity contribution in [1.82, 2.24) is 0 Å². The molecular weight excluding hydrogens is 240 g/mol. The van der Waals surface area contributed by atoms with E-state index >= 15 is 0 Å². The van der Waals surface area contributed by atoms with Crippen molar-refractivity contribution in [2.24, 2.45) is 0 Å². The molecule has 0 unspecified atom stereocenters. The molecule has 0 aliphatic carbocycles. The van der Waals surface area contributed by atoms with Gasteiger partial charge in [-0.05, 0) is 6.07 Å². The van der Waals surface area contributed by atoms with Crippen LogP contribution < -0.4 is 24.6 Å². The Morgan fingerprint density at radius 2 is 1.78 bits per heavy atom. The van der Waals surface area contributed by atoms with Crippen molar-refractivity contribution in [3.63, 3.8) is 0 Å². The summed E-state index contributed by atoms with van der Waals surface area (Å²) in [4.78, 5) is 11.3. The Morgan fingerprint density at radius 1 is 1.06 bits per heavy atom. The lowest BCUT2D eigenvalue weighted by Gasteiger charge is -2.12. The molecule has 1 aliphatic heterocycles. The van der Waals surface area contributed by atoms with Crippen molar-refractivity contribution in [2.45, 2.75) is 0 Å². The topological polar surface area (TPSA) is 67.1 Å². The molecule has 0 radical (unpaired) electrons. The van der Waals surface area contributed by atoms with Gasteiger partial charge in [-0.2, -0.15) is 0 Å². The molecule has 0 saturated carbocycles. The quantitative estimate of drug-likeness (QED) is 0.753. The van der Waals surface area contributed by atoms with Gasteiger partial charge in [-0.3, -0.25) is 0 Å². The Bertz CT molecular complexity index is 672. The molecule has 1 aliphatic rings. The summed E-state index contributed by atoms with van der Waals surface area (Å²) in [5, 5.41) is 0.596. The molecule has 6 heteroatoms. The zero-order valence-electron chi connectivity index (χ0n) is 9.81. The lowest BCUT2D eigenvalue weighted by Crippen LogP contribution is -1.98. The van der Waals surface area contributed by atoms with Gasteiger partial charge in [0.1, 0.15) is 0 Å². The van der Waals surface area contributed by atoms with Crippen molar-refractivity contribution in [3.05, 3.63) is 22.6 Å². The first-order valence-electron chi connectivity index (χ1n) is 5.23. The molecule has 94 valence electrons. The standard InChI is InChI=1S/C12H10O6/c1-14-8-6-3-4-7(13)18-9(6)11-12(10(8)15-2)17-5-16-11/h3-4H,5H2,1-2H3. The fourth-order valence-corrected chi connectivity index (χ4v) is 1.99. The molecule has 0 saturated heterocycles. The van der Waals surface area contributed by atoms with Gasteiger partial charge in [-0.15, -0.1) is 0 Å². The van der Waals surface area contributed by atoms with Crippen LogP contribution in [0.2, 0.25) is 0 Å². The van der Waals surface area contributed by atoms with E-state index in [-0.39, 0.29) is 6.79 Å². The predicted octanol–water partition coefficient (Wildman–Crippen LogP) is 1.54. The van der Waals surface area contributed by atoms with Crippen LogP contribution in [0, 0.1) is 0 Å². The maximum atomic E-state index is 11.3. The van der Waals surface area contributed by atoms with Gasteiger partial charge in [0.2, 0.25) is 24.0 Å². The summed E-state index contributed by atoms with van der Waals surface area (Å²) in [6.07, 6.45) is 0. The Hall–Kier alpha value is -2.37. The molecule has 6 nitrogen and oxygen atoms in total. The molecule has 0 amide bonds. The molecule has 0 bridgehead atoms. The first kappa shape index (κ1) is 10.8. The van der Waals surface area contributed by atoms with E-state index < -0.39 is 5.63 Å². The van der Waals surface area contributed by atoms with Gasteiger partial charge in [-0.1, -0.05) is 0 Å². The number of benzene rings is 1.